The lowest BCUT2D eigenvalue weighted by atomic mass is 10.0. The molecule has 0 saturated carbocycles. The number of hydrogen-bond donors (Lipinski definition) is 1. The quantitative estimate of drug-likeness (QED) is 0.906. The second-order valence-electron chi connectivity index (χ2n) is 4.44. The summed E-state index contributed by atoms with van der Waals surface area (Å²) in [5.41, 5.74) is 1.95. The first-order valence-electron chi connectivity index (χ1n) is 6.38. The average Bonchev–Trinajstić information content (AvgIpc) is 2.53. The van der Waals surface area contributed by atoms with E-state index in [1.54, 1.807) is 19.2 Å². The molecule has 0 fully saturated rings. The van der Waals surface area contributed by atoms with E-state index in [1.165, 1.54) is 20.4 Å². The molecule has 6 nitrogen and oxygen atoms in total. The summed E-state index contributed by atoms with van der Waals surface area (Å²) in [4.78, 5) is 8.30. The van der Waals surface area contributed by atoms with Crippen molar-refractivity contribution in [3.05, 3.63) is 41.2 Å². The van der Waals surface area contributed by atoms with Gasteiger partial charge in [0.05, 0.1) is 27.5 Å². The molecule has 1 aromatic heterocycles. The fourth-order valence-electron chi connectivity index (χ4n) is 2.03. The summed E-state index contributed by atoms with van der Waals surface area (Å²) < 4.78 is 15.4. The van der Waals surface area contributed by atoms with Gasteiger partial charge in [-0.2, -0.15) is 4.98 Å². The van der Waals surface area contributed by atoms with Crippen molar-refractivity contribution in [3.8, 4) is 17.5 Å². The Bertz CT molecular complexity index is 631. The summed E-state index contributed by atoms with van der Waals surface area (Å²) in [5.74, 6) is 1.32. The van der Waals surface area contributed by atoms with Crippen LogP contribution in [-0.4, -0.2) is 36.4 Å². The molecule has 0 aliphatic rings. The van der Waals surface area contributed by atoms with Gasteiger partial charge in [0, 0.05) is 0 Å². The maximum absolute atomic E-state index is 10.5. The molecule has 0 spiro atoms. The molecule has 1 unspecified atom stereocenters. The van der Waals surface area contributed by atoms with Gasteiger partial charge < -0.3 is 19.3 Å². The Morgan fingerprint density at radius 3 is 2.43 bits per heavy atom. The van der Waals surface area contributed by atoms with E-state index in [0.29, 0.717) is 17.1 Å². The van der Waals surface area contributed by atoms with Gasteiger partial charge in [0.2, 0.25) is 11.8 Å². The third-order valence-electron chi connectivity index (χ3n) is 3.14. The first kappa shape index (κ1) is 15.1. The Morgan fingerprint density at radius 2 is 1.86 bits per heavy atom. The lowest BCUT2D eigenvalue weighted by Gasteiger charge is -2.15. The number of aryl methyl sites for hydroxylation is 1. The number of benzene rings is 1. The van der Waals surface area contributed by atoms with Crippen molar-refractivity contribution in [2.45, 2.75) is 13.0 Å². The summed E-state index contributed by atoms with van der Waals surface area (Å²) in [6.07, 6.45) is 0.500. The molecule has 0 aliphatic heterocycles. The fraction of sp³-hybridized carbons (Fsp3) is 0.333. The van der Waals surface area contributed by atoms with E-state index in [4.69, 9.17) is 14.2 Å². The lowest BCUT2D eigenvalue weighted by Crippen LogP contribution is -2.07. The van der Waals surface area contributed by atoms with E-state index in [2.05, 4.69) is 9.97 Å². The van der Waals surface area contributed by atoms with Gasteiger partial charge in [-0.25, -0.2) is 4.98 Å². The maximum atomic E-state index is 10.5. The van der Waals surface area contributed by atoms with Crippen molar-refractivity contribution in [2.75, 3.05) is 21.3 Å². The topological polar surface area (TPSA) is 73.7 Å². The van der Waals surface area contributed by atoms with Crippen LogP contribution in [0.5, 0.6) is 17.5 Å². The minimum Gasteiger partial charge on any atom is -0.496 e. The van der Waals surface area contributed by atoms with Gasteiger partial charge in [0.25, 0.3) is 0 Å². The molecule has 0 saturated heterocycles. The van der Waals surface area contributed by atoms with Crippen LogP contribution in [0.1, 0.15) is 22.9 Å². The lowest BCUT2D eigenvalue weighted by molar-refractivity contribution is 0.206. The second kappa shape index (κ2) is 6.41. The van der Waals surface area contributed by atoms with Crippen LogP contribution in [0.4, 0.5) is 0 Å². The summed E-state index contributed by atoms with van der Waals surface area (Å²) in [5, 5.41) is 10.5. The number of methoxy groups -OCH3 is 3. The normalized spacial score (nSPS) is 11.9. The third-order valence-corrected chi connectivity index (χ3v) is 3.14. The highest BCUT2D eigenvalue weighted by Crippen LogP contribution is 2.30. The van der Waals surface area contributed by atoms with Gasteiger partial charge in [0.1, 0.15) is 17.5 Å². The van der Waals surface area contributed by atoms with Crippen molar-refractivity contribution in [3.63, 3.8) is 0 Å². The van der Waals surface area contributed by atoms with Gasteiger partial charge in [-0.05, 0) is 30.2 Å². The Balaban J connectivity index is 2.39. The van der Waals surface area contributed by atoms with Gasteiger partial charge in [-0.3, -0.25) is 0 Å². The van der Waals surface area contributed by atoms with Crippen molar-refractivity contribution < 1.29 is 19.3 Å². The number of aliphatic hydroxyl groups is 1. The average molecular weight is 290 g/mol. The molecule has 1 aromatic carbocycles. The number of nitrogens with zero attached hydrogens (tertiary/aromatic N) is 2. The molecule has 2 aromatic rings. The highest BCUT2D eigenvalue weighted by atomic mass is 16.5. The standard InChI is InChI=1S/C15H18N2O4/c1-9-7-10(5-6-11(9)19-2)14(18)13-15(21-4)17-12(20-3)8-16-13/h5-8,14,18H,1-4H3. The summed E-state index contributed by atoms with van der Waals surface area (Å²) in [7, 11) is 4.57. The highest BCUT2D eigenvalue weighted by molar-refractivity contribution is 5.40. The molecule has 1 atom stereocenters. The molecular formula is C15H18N2O4. The zero-order valence-corrected chi connectivity index (χ0v) is 12.5. The van der Waals surface area contributed by atoms with Gasteiger partial charge >= 0.3 is 0 Å². The van der Waals surface area contributed by atoms with Gasteiger partial charge in [-0.1, -0.05) is 6.07 Å². The highest BCUT2D eigenvalue weighted by Gasteiger charge is 2.20. The number of hydrogen-bond acceptors (Lipinski definition) is 6. The third kappa shape index (κ3) is 3.05. The molecular weight excluding hydrogens is 272 g/mol. The zero-order chi connectivity index (χ0) is 15.4. The van der Waals surface area contributed by atoms with E-state index >= 15 is 0 Å². The van der Waals surface area contributed by atoms with E-state index in [9.17, 15) is 5.11 Å². The van der Waals surface area contributed by atoms with Crippen LogP contribution in [0.25, 0.3) is 0 Å². The Kier molecular flexibility index (Phi) is 4.59. The summed E-state index contributed by atoms with van der Waals surface area (Å²) in [6.45, 7) is 1.91. The summed E-state index contributed by atoms with van der Waals surface area (Å²) in [6, 6.07) is 5.42. The van der Waals surface area contributed by atoms with Crippen LogP contribution in [0, 0.1) is 6.92 Å². The van der Waals surface area contributed by atoms with Crippen LogP contribution >= 0.6 is 0 Å². The molecule has 21 heavy (non-hydrogen) atoms. The molecule has 112 valence electrons. The van der Waals surface area contributed by atoms with Gasteiger partial charge in [0.15, 0.2) is 0 Å². The first-order valence-corrected chi connectivity index (χ1v) is 6.38. The Labute approximate surface area is 123 Å². The zero-order valence-electron chi connectivity index (χ0n) is 12.5. The van der Waals surface area contributed by atoms with E-state index in [-0.39, 0.29) is 5.88 Å². The van der Waals surface area contributed by atoms with Crippen molar-refractivity contribution in [2.24, 2.45) is 0 Å². The van der Waals surface area contributed by atoms with E-state index < -0.39 is 6.10 Å². The largest absolute Gasteiger partial charge is 0.496 e. The van der Waals surface area contributed by atoms with Crippen LogP contribution in [-0.2, 0) is 0 Å². The van der Waals surface area contributed by atoms with Gasteiger partial charge in [-0.15, -0.1) is 0 Å². The minimum atomic E-state index is -0.942. The van der Waals surface area contributed by atoms with Crippen LogP contribution in [0.3, 0.4) is 0 Å². The molecule has 2 rings (SSSR count). The monoisotopic (exact) mass is 290 g/mol. The molecule has 1 heterocycles. The minimum absolute atomic E-state index is 0.232. The van der Waals surface area contributed by atoms with Crippen molar-refractivity contribution in [1.29, 1.82) is 0 Å². The maximum Gasteiger partial charge on any atom is 0.241 e. The molecule has 1 N–H and O–H groups in total. The molecule has 0 bridgehead atoms. The fourth-order valence-corrected chi connectivity index (χ4v) is 2.03. The van der Waals surface area contributed by atoms with Crippen LogP contribution in [0.15, 0.2) is 24.4 Å². The second-order valence-corrected chi connectivity index (χ2v) is 4.44. The predicted octanol–water partition coefficient (Wildman–Crippen LogP) is 1.89. The van der Waals surface area contributed by atoms with Crippen molar-refractivity contribution >= 4 is 0 Å². The molecule has 0 amide bonds. The number of ether oxygens (including phenoxy) is 3. The predicted molar refractivity (Wildman–Crippen MR) is 76.9 cm³/mol. The number of aliphatic hydroxyl groups excluding tert-OH is 1. The Morgan fingerprint density at radius 1 is 1.10 bits per heavy atom. The summed E-state index contributed by atoms with van der Waals surface area (Å²) >= 11 is 0. The number of rotatable bonds is 5. The Hall–Kier alpha value is -2.34. The first-order chi connectivity index (χ1) is 10.1. The molecule has 6 heteroatoms. The SMILES string of the molecule is COc1cnc(C(O)c2ccc(OC)c(C)c2)c(OC)n1. The van der Waals surface area contributed by atoms with Crippen LogP contribution < -0.4 is 14.2 Å². The smallest absolute Gasteiger partial charge is 0.241 e. The van der Waals surface area contributed by atoms with Crippen molar-refractivity contribution in [1.82, 2.24) is 9.97 Å². The van der Waals surface area contributed by atoms with E-state index in [1.807, 2.05) is 13.0 Å². The molecule has 0 radical (unpaired) electrons. The molecule has 0 aliphatic carbocycles. The number of aromatic nitrogens is 2. The van der Waals surface area contributed by atoms with Crippen LogP contribution in [0.2, 0.25) is 0 Å². The van der Waals surface area contributed by atoms with E-state index in [0.717, 1.165) is 11.3 Å².